The van der Waals surface area contributed by atoms with Gasteiger partial charge in [0.05, 0.1) is 0 Å². The van der Waals surface area contributed by atoms with Crippen LogP contribution in [0, 0.1) is 5.92 Å². The molecular weight excluding hydrogens is 96.1 g/mol. The van der Waals surface area contributed by atoms with Crippen LogP contribution in [-0.2, 0) is 0 Å². The van der Waals surface area contributed by atoms with E-state index in [2.05, 4.69) is 20.8 Å². The quantitative estimate of drug-likeness (QED) is 0.455. The van der Waals surface area contributed by atoms with Gasteiger partial charge in [0.2, 0.25) is 0 Å². The highest BCUT2D eigenvalue weighted by Gasteiger charge is 1.68. The maximum atomic E-state index is 2.17. The third kappa shape index (κ3) is 0. The summed E-state index contributed by atoms with van der Waals surface area (Å²) in [5.74, 6) is 0.833. The third-order valence-electron chi connectivity index (χ3n) is 0. The topological polar surface area (TPSA) is 0 Å². The van der Waals surface area contributed by atoms with Crippen LogP contribution in [0.3, 0.4) is 0 Å². The van der Waals surface area contributed by atoms with Gasteiger partial charge in [-0.05, 0) is 5.92 Å². The van der Waals surface area contributed by atoms with Crippen LogP contribution in [0.1, 0.15) is 48.5 Å². The molecule has 0 aliphatic carbocycles. The summed E-state index contributed by atoms with van der Waals surface area (Å²) < 4.78 is 0. The third-order valence-corrected chi connectivity index (χ3v) is 0. The summed E-state index contributed by atoms with van der Waals surface area (Å²) in [5, 5.41) is 0. The van der Waals surface area contributed by atoms with Gasteiger partial charge in [0.15, 0.2) is 0 Å². The molecule has 0 aliphatic heterocycles. The van der Waals surface area contributed by atoms with E-state index in [0.29, 0.717) is 0 Å². The monoisotopic (exact) mass is 118 g/mol. The molecule has 0 aromatic carbocycles. The van der Waals surface area contributed by atoms with Gasteiger partial charge in [0.25, 0.3) is 0 Å². The first-order valence-corrected chi connectivity index (χ1v) is 3.73. The van der Waals surface area contributed by atoms with E-state index in [4.69, 9.17) is 0 Å². The van der Waals surface area contributed by atoms with E-state index in [1.54, 1.807) is 0 Å². The zero-order chi connectivity index (χ0) is 7.58. The van der Waals surface area contributed by atoms with Gasteiger partial charge >= 0.3 is 0 Å². The molecule has 0 spiro atoms. The van der Waals surface area contributed by atoms with Gasteiger partial charge in [0, 0.05) is 0 Å². The van der Waals surface area contributed by atoms with Gasteiger partial charge in [0.1, 0.15) is 0 Å². The molecule has 0 unspecified atom stereocenters. The molecule has 0 saturated carbocycles. The molecule has 0 aromatic rings. The molecule has 0 nitrogen and oxygen atoms in total. The minimum Gasteiger partial charge on any atom is -0.0683 e. The minimum absolute atomic E-state index is 0.833. The van der Waals surface area contributed by atoms with Crippen molar-refractivity contribution in [1.82, 2.24) is 0 Å². The highest BCUT2D eigenvalue weighted by atomic mass is 13.7. The van der Waals surface area contributed by atoms with Crippen molar-refractivity contribution >= 4 is 0 Å². The molecule has 0 bridgehead atoms. The van der Waals surface area contributed by atoms with Crippen LogP contribution in [0.4, 0.5) is 0 Å². The normalized spacial score (nSPS) is 6.00. The van der Waals surface area contributed by atoms with Gasteiger partial charge in [-0.2, -0.15) is 0 Å². The van der Waals surface area contributed by atoms with Crippen molar-refractivity contribution in [3.8, 4) is 0 Å². The second-order valence-electron chi connectivity index (χ2n) is 1.73. The molecule has 0 aliphatic rings. The fraction of sp³-hybridized carbons (Fsp3) is 1.00. The van der Waals surface area contributed by atoms with E-state index < -0.39 is 0 Å². The molecule has 0 heteroatoms. The molecule has 54 valence electrons. The maximum Gasteiger partial charge on any atom is -0.0500 e. The van der Waals surface area contributed by atoms with Gasteiger partial charge in [-0.3, -0.25) is 0 Å². The molecule has 0 amide bonds. The summed E-state index contributed by atoms with van der Waals surface area (Å²) in [5.41, 5.74) is 0. The Morgan fingerprint density at radius 2 is 0.625 bits per heavy atom. The number of hydrogen-bond acceptors (Lipinski definition) is 0. The molecular formula is C8H22. The second-order valence-corrected chi connectivity index (χ2v) is 1.73. The van der Waals surface area contributed by atoms with E-state index >= 15 is 0 Å². The van der Waals surface area contributed by atoms with Crippen LogP contribution in [0.25, 0.3) is 0 Å². The Kier molecular flexibility index (Phi) is 54.9. The molecule has 0 fully saturated rings. The van der Waals surface area contributed by atoms with Crippen LogP contribution >= 0.6 is 0 Å². The standard InChI is InChI=1S/C4H10.2C2H6/c1-4(2)3;2*1-2/h4H,1-3H3;2*1-2H3. The van der Waals surface area contributed by atoms with Crippen molar-refractivity contribution in [2.24, 2.45) is 5.92 Å². The lowest BCUT2D eigenvalue weighted by Gasteiger charge is -1.79. The first-order valence-electron chi connectivity index (χ1n) is 3.73. The Hall–Kier alpha value is 0. The lowest BCUT2D eigenvalue weighted by atomic mass is 10.3. The predicted molar refractivity (Wildman–Crippen MR) is 43.2 cm³/mol. The first-order chi connectivity index (χ1) is 3.73. The van der Waals surface area contributed by atoms with E-state index in [9.17, 15) is 0 Å². The second kappa shape index (κ2) is 28.0. The molecule has 0 N–H and O–H groups in total. The summed E-state index contributed by atoms with van der Waals surface area (Å²) in [6.07, 6.45) is 0. The molecule has 0 heterocycles. The fourth-order valence-electron chi connectivity index (χ4n) is 0. The summed E-state index contributed by atoms with van der Waals surface area (Å²) in [7, 11) is 0. The zero-order valence-electron chi connectivity index (χ0n) is 7.58. The van der Waals surface area contributed by atoms with Crippen LogP contribution in [0.2, 0.25) is 0 Å². The van der Waals surface area contributed by atoms with Crippen LogP contribution in [0.5, 0.6) is 0 Å². The average Bonchev–Trinajstić information content (AvgIpc) is 1.75. The average molecular weight is 118 g/mol. The maximum absolute atomic E-state index is 2.17. The smallest absolute Gasteiger partial charge is 0.0500 e. The summed E-state index contributed by atoms with van der Waals surface area (Å²) >= 11 is 0. The van der Waals surface area contributed by atoms with E-state index in [0.717, 1.165) is 5.92 Å². The lowest BCUT2D eigenvalue weighted by molar-refractivity contribution is 0.737. The van der Waals surface area contributed by atoms with Gasteiger partial charge in [-0.15, -0.1) is 0 Å². The fourth-order valence-corrected chi connectivity index (χ4v) is 0. The summed E-state index contributed by atoms with van der Waals surface area (Å²) in [6, 6.07) is 0. The van der Waals surface area contributed by atoms with Crippen molar-refractivity contribution in [3.05, 3.63) is 0 Å². The summed E-state index contributed by atoms with van der Waals surface area (Å²) in [6.45, 7) is 14.5. The molecule has 0 rings (SSSR count). The first kappa shape index (κ1) is 15.7. The van der Waals surface area contributed by atoms with Gasteiger partial charge in [-0.1, -0.05) is 48.5 Å². The zero-order valence-corrected chi connectivity index (χ0v) is 7.58. The van der Waals surface area contributed by atoms with Crippen LogP contribution < -0.4 is 0 Å². The predicted octanol–water partition coefficient (Wildman–Crippen LogP) is 3.71. The largest absolute Gasteiger partial charge is 0.0683 e. The Balaban J connectivity index is -0.0000000542. The SMILES string of the molecule is CC.CC.CC(C)C. The highest BCUT2D eigenvalue weighted by Crippen LogP contribution is 1.81. The Morgan fingerprint density at radius 3 is 0.625 bits per heavy atom. The van der Waals surface area contributed by atoms with Crippen molar-refractivity contribution in [2.75, 3.05) is 0 Å². The number of hydrogen-bond donors (Lipinski definition) is 0. The van der Waals surface area contributed by atoms with Crippen LogP contribution in [-0.4, -0.2) is 0 Å². The van der Waals surface area contributed by atoms with E-state index in [-0.39, 0.29) is 0 Å². The Labute approximate surface area is 55.3 Å². The summed E-state index contributed by atoms with van der Waals surface area (Å²) in [4.78, 5) is 0. The number of rotatable bonds is 0. The van der Waals surface area contributed by atoms with Crippen molar-refractivity contribution < 1.29 is 0 Å². The van der Waals surface area contributed by atoms with E-state index in [1.165, 1.54) is 0 Å². The lowest BCUT2D eigenvalue weighted by Crippen LogP contribution is -1.66. The van der Waals surface area contributed by atoms with Crippen LogP contribution in [0.15, 0.2) is 0 Å². The van der Waals surface area contributed by atoms with E-state index in [1.807, 2.05) is 27.7 Å². The Bertz CT molecular complexity index is 4.75. The minimum atomic E-state index is 0.833. The van der Waals surface area contributed by atoms with Crippen molar-refractivity contribution in [3.63, 3.8) is 0 Å². The molecule has 0 aromatic heterocycles. The van der Waals surface area contributed by atoms with Gasteiger partial charge in [-0.25, -0.2) is 0 Å². The molecule has 0 saturated heterocycles. The van der Waals surface area contributed by atoms with Crippen molar-refractivity contribution in [2.45, 2.75) is 48.5 Å². The molecule has 8 heavy (non-hydrogen) atoms. The Morgan fingerprint density at radius 1 is 0.625 bits per heavy atom. The van der Waals surface area contributed by atoms with Gasteiger partial charge < -0.3 is 0 Å². The molecule has 0 radical (unpaired) electrons. The molecule has 0 atom stereocenters. The highest BCUT2D eigenvalue weighted by molar-refractivity contribution is 4.20. The van der Waals surface area contributed by atoms with Crippen molar-refractivity contribution in [1.29, 1.82) is 0 Å².